The van der Waals surface area contributed by atoms with E-state index in [1.54, 1.807) is 0 Å². The number of hydrogen-bond donors (Lipinski definition) is 1. The van der Waals surface area contributed by atoms with E-state index in [-0.39, 0.29) is 0 Å². The van der Waals surface area contributed by atoms with Gasteiger partial charge in [0.1, 0.15) is 0 Å². The number of hydrogen-bond acceptors (Lipinski definition) is 1. The molecular formula is C18H21N. The predicted octanol–water partition coefficient (Wildman–Crippen LogP) is 4.16. The van der Waals surface area contributed by atoms with Crippen molar-refractivity contribution >= 4 is 0 Å². The molecule has 1 fully saturated rings. The maximum Gasteiger partial charge on any atom is 0.0579 e. The minimum atomic E-state index is 0.300. The maximum absolute atomic E-state index is 3.81. The lowest BCUT2D eigenvalue weighted by atomic mass is 9.98. The van der Waals surface area contributed by atoms with Crippen LogP contribution >= 0.6 is 0 Å². The molecule has 1 N–H and O–H groups in total. The second kappa shape index (κ2) is 4.82. The van der Waals surface area contributed by atoms with Gasteiger partial charge in [-0.05, 0) is 23.0 Å². The first-order chi connectivity index (χ1) is 9.17. The Morgan fingerprint density at radius 2 is 1.32 bits per heavy atom. The predicted molar refractivity (Wildman–Crippen MR) is 80.0 cm³/mol. The molecule has 0 amide bonds. The van der Waals surface area contributed by atoms with E-state index in [2.05, 4.69) is 79.8 Å². The molecule has 1 saturated carbocycles. The molecule has 1 heteroatoms. The van der Waals surface area contributed by atoms with E-state index in [0.29, 0.717) is 17.5 Å². The number of nitrogens with one attached hydrogen (secondary N) is 1. The van der Waals surface area contributed by atoms with Gasteiger partial charge in [-0.3, -0.25) is 0 Å². The standard InChI is InChI=1S/C18H21N/c1-18(2)13-16(18)19-17(14-9-5-3-6-10-14)15-11-7-4-8-12-15/h3-12,16-17,19H,13H2,1-2H3. The number of benzene rings is 2. The average molecular weight is 251 g/mol. The van der Waals surface area contributed by atoms with Gasteiger partial charge in [0.25, 0.3) is 0 Å². The molecule has 19 heavy (non-hydrogen) atoms. The van der Waals surface area contributed by atoms with Crippen molar-refractivity contribution < 1.29 is 0 Å². The minimum Gasteiger partial charge on any atom is -0.303 e. The molecule has 0 aromatic heterocycles. The molecule has 2 aromatic rings. The lowest BCUT2D eigenvalue weighted by Crippen LogP contribution is -2.27. The van der Waals surface area contributed by atoms with Crippen LogP contribution in [0.15, 0.2) is 60.7 Å². The maximum atomic E-state index is 3.81. The SMILES string of the molecule is CC1(C)CC1NC(c1ccccc1)c1ccccc1. The fourth-order valence-electron chi connectivity index (χ4n) is 2.63. The van der Waals surface area contributed by atoms with Crippen LogP contribution in [0, 0.1) is 5.41 Å². The smallest absolute Gasteiger partial charge is 0.0579 e. The Hall–Kier alpha value is -1.60. The van der Waals surface area contributed by atoms with Gasteiger partial charge in [0.15, 0.2) is 0 Å². The zero-order valence-corrected chi connectivity index (χ0v) is 11.6. The van der Waals surface area contributed by atoms with Gasteiger partial charge in [-0.25, -0.2) is 0 Å². The molecular weight excluding hydrogens is 230 g/mol. The van der Waals surface area contributed by atoms with E-state index >= 15 is 0 Å². The Bertz CT molecular complexity index is 491. The van der Waals surface area contributed by atoms with Gasteiger partial charge in [0.05, 0.1) is 6.04 Å². The lowest BCUT2D eigenvalue weighted by Gasteiger charge is -2.21. The molecule has 1 unspecified atom stereocenters. The van der Waals surface area contributed by atoms with Crippen LogP contribution < -0.4 is 5.32 Å². The monoisotopic (exact) mass is 251 g/mol. The first kappa shape index (κ1) is 12.4. The summed E-state index contributed by atoms with van der Waals surface area (Å²) in [7, 11) is 0. The molecule has 0 radical (unpaired) electrons. The Morgan fingerprint density at radius 3 is 1.68 bits per heavy atom. The summed E-state index contributed by atoms with van der Waals surface area (Å²) in [6.45, 7) is 4.66. The first-order valence-electron chi connectivity index (χ1n) is 7.03. The third-order valence-electron chi connectivity index (χ3n) is 4.15. The van der Waals surface area contributed by atoms with Crippen molar-refractivity contribution in [2.24, 2.45) is 5.41 Å². The quantitative estimate of drug-likeness (QED) is 0.860. The fourth-order valence-corrected chi connectivity index (χ4v) is 2.63. The molecule has 0 bridgehead atoms. The summed E-state index contributed by atoms with van der Waals surface area (Å²) in [5.41, 5.74) is 3.13. The molecule has 0 spiro atoms. The second-order valence-corrected chi connectivity index (χ2v) is 6.17. The van der Waals surface area contributed by atoms with Crippen molar-refractivity contribution in [3.63, 3.8) is 0 Å². The van der Waals surface area contributed by atoms with Crippen LogP contribution in [0.2, 0.25) is 0 Å². The Labute approximate surface area is 115 Å². The minimum absolute atomic E-state index is 0.300. The van der Waals surface area contributed by atoms with Crippen LogP contribution in [0.4, 0.5) is 0 Å². The highest BCUT2D eigenvalue weighted by Crippen LogP contribution is 2.46. The highest BCUT2D eigenvalue weighted by Gasteiger charge is 2.46. The van der Waals surface area contributed by atoms with Gasteiger partial charge in [0.2, 0.25) is 0 Å². The summed E-state index contributed by atoms with van der Waals surface area (Å²) in [4.78, 5) is 0. The van der Waals surface area contributed by atoms with Crippen molar-refractivity contribution in [3.8, 4) is 0 Å². The van der Waals surface area contributed by atoms with Crippen molar-refractivity contribution in [2.45, 2.75) is 32.4 Å². The Balaban J connectivity index is 1.88. The van der Waals surface area contributed by atoms with E-state index in [9.17, 15) is 0 Å². The lowest BCUT2D eigenvalue weighted by molar-refractivity contribution is 0.507. The summed E-state index contributed by atoms with van der Waals surface area (Å²) < 4.78 is 0. The highest BCUT2D eigenvalue weighted by atomic mass is 15.0. The van der Waals surface area contributed by atoms with Crippen molar-refractivity contribution in [1.29, 1.82) is 0 Å². The van der Waals surface area contributed by atoms with Crippen molar-refractivity contribution in [3.05, 3.63) is 71.8 Å². The highest BCUT2D eigenvalue weighted by molar-refractivity contribution is 5.32. The normalized spacial score (nSPS) is 20.5. The van der Waals surface area contributed by atoms with Gasteiger partial charge < -0.3 is 5.32 Å². The number of rotatable bonds is 4. The van der Waals surface area contributed by atoms with E-state index in [4.69, 9.17) is 0 Å². The molecule has 1 aliphatic carbocycles. The average Bonchev–Trinajstić information content (AvgIpc) is 3.05. The molecule has 1 aliphatic rings. The van der Waals surface area contributed by atoms with E-state index in [1.165, 1.54) is 17.5 Å². The molecule has 2 aromatic carbocycles. The second-order valence-electron chi connectivity index (χ2n) is 6.17. The summed E-state index contributed by atoms with van der Waals surface area (Å²) >= 11 is 0. The van der Waals surface area contributed by atoms with Gasteiger partial charge in [-0.15, -0.1) is 0 Å². The van der Waals surface area contributed by atoms with Crippen molar-refractivity contribution in [2.75, 3.05) is 0 Å². The summed E-state index contributed by atoms with van der Waals surface area (Å²) in [6, 6.07) is 22.4. The van der Waals surface area contributed by atoms with Crippen molar-refractivity contribution in [1.82, 2.24) is 5.32 Å². The first-order valence-corrected chi connectivity index (χ1v) is 7.03. The molecule has 3 rings (SSSR count). The van der Waals surface area contributed by atoms with Crippen LogP contribution in [-0.4, -0.2) is 6.04 Å². The molecule has 0 saturated heterocycles. The molecule has 1 atom stereocenters. The van der Waals surface area contributed by atoms with Crippen LogP contribution in [0.5, 0.6) is 0 Å². The van der Waals surface area contributed by atoms with Crippen LogP contribution in [0.1, 0.15) is 37.4 Å². The van der Waals surface area contributed by atoms with Gasteiger partial charge in [-0.1, -0.05) is 74.5 Å². The largest absolute Gasteiger partial charge is 0.303 e. The van der Waals surface area contributed by atoms with Gasteiger partial charge in [-0.2, -0.15) is 0 Å². The van der Waals surface area contributed by atoms with Crippen LogP contribution in [-0.2, 0) is 0 Å². The van der Waals surface area contributed by atoms with Gasteiger partial charge in [0, 0.05) is 6.04 Å². The summed E-state index contributed by atoms with van der Waals surface area (Å²) in [6.07, 6.45) is 1.27. The van der Waals surface area contributed by atoms with Crippen LogP contribution in [0.25, 0.3) is 0 Å². The molecule has 98 valence electrons. The van der Waals surface area contributed by atoms with E-state index in [0.717, 1.165) is 0 Å². The zero-order valence-electron chi connectivity index (χ0n) is 11.6. The van der Waals surface area contributed by atoms with Gasteiger partial charge >= 0.3 is 0 Å². The van der Waals surface area contributed by atoms with Crippen LogP contribution in [0.3, 0.4) is 0 Å². The summed E-state index contributed by atoms with van der Waals surface area (Å²) in [5.74, 6) is 0. The Morgan fingerprint density at radius 1 is 0.895 bits per heavy atom. The third-order valence-corrected chi connectivity index (χ3v) is 4.15. The topological polar surface area (TPSA) is 12.0 Å². The summed E-state index contributed by atoms with van der Waals surface area (Å²) in [5, 5.41) is 3.81. The Kier molecular flexibility index (Phi) is 3.16. The fraction of sp³-hybridized carbons (Fsp3) is 0.333. The molecule has 1 nitrogen and oxygen atoms in total. The van der Waals surface area contributed by atoms with E-state index in [1.807, 2.05) is 0 Å². The third kappa shape index (κ3) is 2.71. The van der Waals surface area contributed by atoms with E-state index < -0.39 is 0 Å². The zero-order chi connectivity index (χ0) is 13.3. The molecule has 0 heterocycles. The molecule has 0 aliphatic heterocycles.